The maximum atomic E-state index is 14.8. The summed E-state index contributed by atoms with van der Waals surface area (Å²) in [6.45, 7) is 0.922. The predicted octanol–water partition coefficient (Wildman–Crippen LogP) is 3.84. The molecule has 2 heterocycles. The highest BCUT2D eigenvalue weighted by molar-refractivity contribution is 7.90. The first kappa shape index (κ1) is 32.2. The van der Waals surface area contributed by atoms with Crippen LogP contribution in [0.25, 0.3) is 10.9 Å². The Morgan fingerprint density at radius 2 is 1.81 bits per heavy atom. The number of rotatable bonds is 10. The first-order valence-corrected chi connectivity index (χ1v) is 14.9. The molecule has 2 N–H and O–H groups in total. The number of hydrogen-bond acceptors (Lipinski definition) is 5. The molecule has 0 aliphatic carbocycles. The summed E-state index contributed by atoms with van der Waals surface area (Å²) in [5.74, 6) is -3.21. The quantitative estimate of drug-likeness (QED) is 0.332. The monoisotopic (exact) mass is 627 g/mol. The van der Waals surface area contributed by atoms with Crippen LogP contribution in [0.5, 0.6) is 0 Å². The van der Waals surface area contributed by atoms with Gasteiger partial charge in [0.25, 0.3) is 5.91 Å². The van der Waals surface area contributed by atoms with Crippen molar-refractivity contribution in [1.29, 1.82) is 0 Å². The molecule has 1 saturated heterocycles. The molecule has 4 rings (SSSR count). The standard InChI is InChI=1S/C28H33F4N5O5S/c1-35(2)43(40,41)34-23-5-4-6-24-25(23)21(17-37(24)13-14-42-3)26(38)36-11-9-19(10-12-36)20-15-18(7-8-22(20)29)16-33-27(39)28(30,31)32/h4-8,15,17,19,34H,9-14,16H2,1-3H3,(H,33,39). The number of ether oxygens (including phenoxy) is 1. The van der Waals surface area contributed by atoms with Crippen LogP contribution in [0, 0.1) is 5.82 Å². The average molecular weight is 628 g/mol. The van der Waals surface area contributed by atoms with Crippen LogP contribution in [0.2, 0.25) is 0 Å². The molecule has 0 atom stereocenters. The maximum absolute atomic E-state index is 14.8. The second-order valence-electron chi connectivity index (χ2n) is 10.4. The van der Waals surface area contributed by atoms with Crippen molar-refractivity contribution in [1.82, 2.24) is 19.1 Å². The average Bonchev–Trinajstić information content (AvgIpc) is 3.34. The van der Waals surface area contributed by atoms with Crippen LogP contribution in [0.1, 0.15) is 40.2 Å². The van der Waals surface area contributed by atoms with Gasteiger partial charge in [0.1, 0.15) is 5.82 Å². The van der Waals surface area contributed by atoms with Crippen LogP contribution in [0.4, 0.5) is 23.2 Å². The molecule has 0 saturated carbocycles. The molecule has 15 heteroatoms. The van der Waals surface area contributed by atoms with E-state index < -0.39 is 34.7 Å². The van der Waals surface area contributed by atoms with Crippen molar-refractivity contribution in [3.8, 4) is 0 Å². The van der Waals surface area contributed by atoms with E-state index in [4.69, 9.17) is 4.74 Å². The van der Waals surface area contributed by atoms with E-state index in [1.165, 1.54) is 26.2 Å². The fourth-order valence-corrected chi connectivity index (χ4v) is 5.70. The van der Waals surface area contributed by atoms with E-state index in [0.717, 1.165) is 10.4 Å². The van der Waals surface area contributed by atoms with Crippen molar-refractivity contribution in [2.24, 2.45) is 0 Å². The lowest BCUT2D eigenvalue weighted by Gasteiger charge is -2.32. The van der Waals surface area contributed by atoms with Gasteiger partial charge < -0.3 is 19.5 Å². The summed E-state index contributed by atoms with van der Waals surface area (Å²) in [6.07, 6.45) is -2.56. The second-order valence-corrected chi connectivity index (χ2v) is 12.3. The van der Waals surface area contributed by atoms with Crippen LogP contribution in [0.3, 0.4) is 0 Å². The normalized spacial score (nSPS) is 14.8. The molecule has 1 aliphatic rings. The molecule has 10 nitrogen and oxygen atoms in total. The Balaban J connectivity index is 1.55. The molecule has 1 aromatic heterocycles. The number of aromatic nitrogens is 1. The highest BCUT2D eigenvalue weighted by Gasteiger charge is 2.38. The number of fused-ring (bicyclic) bond motifs is 1. The van der Waals surface area contributed by atoms with Crippen molar-refractivity contribution in [2.75, 3.05) is 45.6 Å². The van der Waals surface area contributed by atoms with E-state index >= 15 is 0 Å². The molecule has 2 aromatic carbocycles. The number of amides is 2. The zero-order valence-corrected chi connectivity index (χ0v) is 24.7. The first-order valence-electron chi connectivity index (χ1n) is 13.5. The van der Waals surface area contributed by atoms with Gasteiger partial charge in [0, 0.05) is 59.0 Å². The molecule has 1 fully saturated rings. The Morgan fingerprint density at radius 1 is 1.12 bits per heavy atom. The van der Waals surface area contributed by atoms with Gasteiger partial charge in [0.2, 0.25) is 0 Å². The molecule has 1 aliphatic heterocycles. The lowest BCUT2D eigenvalue weighted by Crippen LogP contribution is -2.38. The third-order valence-electron chi connectivity index (χ3n) is 7.39. The molecule has 234 valence electrons. The molecule has 3 aromatic rings. The number of alkyl halides is 3. The number of carbonyl (C=O) groups excluding carboxylic acids is 2. The van der Waals surface area contributed by atoms with E-state index in [1.807, 2.05) is 4.57 Å². The van der Waals surface area contributed by atoms with Crippen LogP contribution in [-0.4, -0.2) is 81.1 Å². The summed E-state index contributed by atoms with van der Waals surface area (Å²) in [7, 11) is 0.459. The van der Waals surface area contributed by atoms with Crippen molar-refractivity contribution in [3.63, 3.8) is 0 Å². The maximum Gasteiger partial charge on any atom is 0.471 e. The number of methoxy groups -OCH3 is 1. The largest absolute Gasteiger partial charge is 0.471 e. The Morgan fingerprint density at radius 3 is 2.44 bits per heavy atom. The molecule has 0 unspecified atom stereocenters. The van der Waals surface area contributed by atoms with Crippen molar-refractivity contribution < 1.29 is 40.3 Å². The van der Waals surface area contributed by atoms with Crippen LogP contribution < -0.4 is 10.0 Å². The summed E-state index contributed by atoms with van der Waals surface area (Å²) in [5.41, 5.74) is 1.82. The number of likely N-dealkylation sites (tertiary alicyclic amines) is 1. The minimum atomic E-state index is -5.02. The number of nitrogens with one attached hydrogen (secondary N) is 2. The van der Waals surface area contributed by atoms with Crippen LogP contribution in [-0.2, 0) is 32.8 Å². The molecular formula is C28H33F4N5O5S. The first-order chi connectivity index (χ1) is 20.2. The van der Waals surface area contributed by atoms with Crippen molar-refractivity contribution >= 4 is 38.6 Å². The fraction of sp³-hybridized carbons (Fsp3) is 0.429. The van der Waals surface area contributed by atoms with Crippen molar-refractivity contribution in [2.45, 2.75) is 38.0 Å². The minimum Gasteiger partial charge on any atom is -0.383 e. The van der Waals surface area contributed by atoms with Gasteiger partial charge >= 0.3 is 22.3 Å². The number of halogens is 4. The number of carbonyl (C=O) groups is 2. The molecule has 43 heavy (non-hydrogen) atoms. The van der Waals surface area contributed by atoms with Gasteiger partial charge in [-0.25, -0.2) is 4.39 Å². The lowest BCUT2D eigenvalue weighted by molar-refractivity contribution is -0.173. The summed E-state index contributed by atoms with van der Waals surface area (Å²) in [6, 6.07) is 8.98. The number of nitrogens with zero attached hydrogens (tertiary/aromatic N) is 3. The summed E-state index contributed by atoms with van der Waals surface area (Å²) >= 11 is 0. The van der Waals surface area contributed by atoms with Crippen LogP contribution in [0.15, 0.2) is 42.6 Å². The van der Waals surface area contributed by atoms with Gasteiger partial charge in [0.05, 0.1) is 23.4 Å². The lowest BCUT2D eigenvalue weighted by atomic mass is 9.88. The minimum absolute atomic E-state index is 0.247. The van der Waals surface area contributed by atoms with E-state index in [0.29, 0.717) is 53.6 Å². The summed E-state index contributed by atoms with van der Waals surface area (Å²) in [5, 5.41) is 2.23. The highest BCUT2D eigenvalue weighted by Crippen LogP contribution is 2.34. The van der Waals surface area contributed by atoms with Gasteiger partial charge in [-0.15, -0.1) is 0 Å². The van der Waals surface area contributed by atoms with Gasteiger partial charge in [-0.1, -0.05) is 18.2 Å². The zero-order valence-electron chi connectivity index (χ0n) is 23.9. The second kappa shape index (κ2) is 12.9. The third kappa shape index (κ3) is 7.28. The van der Waals surface area contributed by atoms with Gasteiger partial charge in [0.15, 0.2) is 0 Å². The van der Waals surface area contributed by atoms with Gasteiger partial charge in [-0.3, -0.25) is 14.3 Å². The molecule has 0 bridgehead atoms. The number of benzene rings is 2. The van der Waals surface area contributed by atoms with Gasteiger partial charge in [-0.2, -0.15) is 25.9 Å². The van der Waals surface area contributed by atoms with E-state index in [9.17, 15) is 35.6 Å². The summed E-state index contributed by atoms with van der Waals surface area (Å²) < 4.78 is 88.2. The predicted molar refractivity (Wildman–Crippen MR) is 152 cm³/mol. The van der Waals surface area contributed by atoms with Gasteiger partial charge in [-0.05, 0) is 48.1 Å². The number of piperidine rings is 1. The SMILES string of the molecule is COCCn1cc(C(=O)N2CCC(c3cc(CNC(=O)C(F)(F)F)ccc3F)CC2)c2c(NS(=O)(=O)N(C)C)cccc21. The molecular weight excluding hydrogens is 594 g/mol. The number of anilines is 1. The van der Waals surface area contributed by atoms with E-state index in [1.54, 1.807) is 41.7 Å². The third-order valence-corrected chi connectivity index (χ3v) is 8.82. The fourth-order valence-electron chi connectivity index (χ4n) is 5.07. The topological polar surface area (TPSA) is 113 Å². The Kier molecular flexibility index (Phi) is 9.66. The van der Waals surface area contributed by atoms with E-state index in [-0.39, 0.29) is 30.6 Å². The molecule has 0 radical (unpaired) electrons. The Bertz CT molecular complexity index is 1600. The van der Waals surface area contributed by atoms with E-state index in [2.05, 4.69) is 4.72 Å². The summed E-state index contributed by atoms with van der Waals surface area (Å²) in [4.78, 5) is 26.6. The molecule has 0 spiro atoms. The zero-order chi connectivity index (χ0) is 31.5. The van der Waals surface area contributed by atoms with Crippen LogP contribution >= 0.6 is 0 Å². The Hall–Kier alpha value is -3.69. The smallest absolute Gasteiger partial charge is 0.383 e. The highest BCUT2D eigenvalue weighted by atomic mass is 32.2. The number of hydrogen-bond donors (Lipinski definition) is 2. The Labute approximate surface area is 246 Å². The molecule has 2 amide bonds. The van der Waals surface area contributed by atoms with Crippen molar-refractivity contribution in [3.05, 3.63) is 65.1 Å².